The molecule has 0 bridgehead atoms. The van der Waals surface area contributed by atoms with E-state index in [4.69, 9.17) is 0 Å². The molecule has 0 spiro atoms. The predicted molar refractivity (Wildman–Crippen MR) is 86.2 cm³/mol. The molecular weight excluding hydrogens is 248 g/mol. The second-order valence-corrected chi connectivity index (χ2v) is 5.31. The molecule has 0 heterocycles. The van der Waals surface area contributed by atoms with E-state index in [9.17, 15) is 4.79 Å². The molecule has 1 unspecified atom stereocenters. The third kappa shape index (κ3) is 4.07. The highest BCUT2D eigenvalue weighted by atomic mass is 16.2. The van der Waals surface area contributed by atoms with E-state index in [0.29, 0.717) is 0 Å². The van der Waals surface area contributed by atoms with Crippen LogP contribution in [0.3, 0.4) is 0 Å². The van der Waals surface area contributed by atoms with Gasteiger partial charge in [-0.05, 0) is 50.9 Å². The van der Waals surface area contributed by atoms with Gasteiger partial charge in [-0.25, -0.2) is 0 Å². The first kappa shape index (κ1) is 16.7. The van der Waals surface area contributed by atoms with Crippen LogP contribution in [0.2, 0.25) is 0 Å². The van der Waals surface area contributed by atoms with Gasteiger partial charge < -0.3 is 5.32 Å². The van der Waals surface area contributed by atoms with Crippen molar-refractivity contribution in [3.63, 3.8) is 0 Å². The number of nitrogens with one attached hydrogen (secondary N) is 1. The summed E-state index contributed by atoms with van der Waals surface area (Å²) in [6.07, 6.45) is 1.91. The van der Waals surface area contributed by atoms with E-state index in [2.05, 4.69) is 31.0 Å². The highest BCUT2D eigenvalue weighted by Crippen LogP contribution is 2.20. The molecule has 1 aromatic carbocycles. The molecule has 0 aliphatic rings. The second-order valence-electron chi connectivity index (χ2n) is 5.31. The van der Waals surface area contributed by atoms with Crippen LogP contribution in [-0.4, -0.2) is 29.9 Å². The van der Waals surface area contributed by atoms with E-state index < -0.39 is 0 Å². The molecule has 1 N–H and O–H groups in total. The second kappa shape index (κ2) is 8.05. The molecule has 1 rings (SSSR count). The van der Waals surface area contributed by atoms with E-state index in [1.807, 2.05) is 32.0 Å². The summed E-state index contributed by atoms with van der Waals surface area (Å²) < 4.78 is 0. The van der Waals surface area contributed by atoms with E-state index >= 15 is 0 Å². The summed E-state index contributed by atoms with van der Waals surface area (Å²) in [7, 11) is 0. The Labute approximate surface area is 123 Å². The van der Waals surface area contributed by atoms with Crippen molar-refractivity contribution in [2.75, 3.05) is 18.4 Å². The van der Waals surface area contributed by atoms with Gasteiger partial charge in [-0.1, -0.05) is 39.0 Å². The topological polar surface area (TPSA) is 32.3 Å². The number of likely N-dealkylation sites (N-methyl/N-ethyl adjacent to an activating group) is 1. The van der Waals surface area contributed by atoms with Crippen LogP contribution in [0, 0.1) is 13.8 Å². The molecule has 0 aliphatic carbocycles. The van der Waals surface area contributed by atoms with Gasteiger partial charge in [0, 0.05) is 5.69 Å². The maximum Gasteiger partial charge on any atom is 0.241 e. The Kier molecular flexibility index (Phi) is 6.73. The number of benzene rings is 1. The lowest BCUT2D eigenvalue weighted by atomic mass is 10.1. The monoisotopic (exact) mass is 276 g/mol. The number of anilines is 1. The normalized spacial score (nSPS) is 12.5. The smallest absolute Gasteiger partial charge is 0.241 e. The third-order valence-corrected chi connectivity index (χ3v) is 3.78. The molecule has 3 nitrogen and oxygen atoms in total. The SMILES string of the molecule is CCCN(CC)C(CC)C(=O)Nc1c(C)cccc1C. The van der Waals surface area contributed by atoms with Crippen molar-refractivity contribution in [2.45, 2.75) is 53.5 Å². The Balaban J connectivity index is 2.87. The fraction of sp³-hybridized carbons (Fsp3) is 0.588. The van der Waals surface area contributed by atoms with Crippen LogP contribution in [0.25, 0.3) is 0 Å². The van der Waals surface area contributed by atoms with Crippen molar-refractivity contribution in [2.24, 2.45) is 0 Å². The van der Waals surface area contributed by atoms with Crippen LogP contribution >= 0.6 is 0 Å². The maximum atomic E-state index is 12.6. The van der Waals surface area contributed by atoms with Crippen LogP contribution < -0.4 is 5.32 Å². The number of amides is 1. The summed E-state index contributed by atoms with van der Waals surface area (Å²) >= 11 is 0. The Morgan fingerprint density at radius 1 is 1.20 bits per heavy atom. The fourth-order valence-corrected chi connectivity index (χ4v) is 2.65. The molecule has 0 aromatic heterocycles. The van der Waals surface area contributed by atoms with Gasteiger partial charge in [-0.2, -0.15) is 0 Å². The lowest BCUT2D eigenvalue weighted by Gasteiger charge is -2.29. The Hall–Kier alpha value is -1.35. The summed E-state index contributed by atoms with van der Waals surface area (Å²) in [6, 6.07) is 6.05. The number of nitrogens with zero attached hydrogens (tertiary/aromatic N) is 1. The molecule has 1 amide bonds. The molecule has 1 atom stereocenters. The lowest BCUT2D eigenvalue weighted by Crippen LogP contribution is -2.44. The summed E-state index contributed by atoms with van der Waals surface area (Å²) in [4.78, 5) is 14.8. The van der Waals surface area contributed by atoms with Crippen LogP contribution in [0.5, 0.6) is 0 Å². The Bertz CT molecular complexity index is 422. The summed E-state index contributed by atoms with van der Waals surface area (Å²) in [5.74, 6) is 0.111. The summed E-state index contributed by atoms with van der Waals surface area (Å²) in [5, 5.41) is 3.12. The van der Waals surface area contributed by atoms with Gasteiger partial charge in [0.1, 0.15) is 0 Å². The standard InChI is InChI=1S/C17H28N2O/c1-6-12-19(8-3)15(7-2)17(20)18-16-13(4)10-9-11-14(16)5/h9-11,15H,6-8,12H2,1-5H3,(H,18,20). The van der Waals surface area contributed by atoms with Gasteiger partial charge in [0.15, 0.2) is 0 Å². The Morgan fingerprint density at radius 3 is 2.25 bits per heavy atom. The van der Waals surface area contributed by atoms with Gasteiger partial charge in [0.05, 0.1) is 6.04 Å². The van der Waals surface area contributed by atoms with Gasteiger partial charge >= 0.3 is 0 Å². The molecular formula is C17H28N2O. The third-order valence-electron chi connectivity index (χ3n) is 3.78. The molecule has 0 saturated heterocycles. The maximum absolute atomic E-state index is 12.6. The van der Waals surface area contributed by atoms with Crippen molar-refractivity contribution < 1.29 is 4.79 Å². The van der Waals surface area contributed by atoms with E-state index in [0.717, 1.165) is 42.7 Å². The minimum absolute atomic E-state index is 0.0426. The highest BCUT2D eigenvalue weighted by molar-refractivity contribution is 5.96. The van der Waals surface area contributed by atoms with Crippen LogP contribution in [0.15, 0.2) is 18.2 Å². The molecule has 0 radical (unpaired) electrons. The summed E-state index contributed by atoms with van der Waals surface area (Å²) in [6.45, 7) is 12.3. The number of rotatable bonds is 7. The van der Waals surface area contributed by atoms with Gasteiger partial charge in [0.25, 0.3) is 0 Å². The molecule has 112 valence electrons. The molecule has 20 heavy (non-hydrogen) atoms. The molecule has 0 aliphatic heterocycles. The minimum Gasteiger partial charge on any atom is -0.324 e. The average molecular weight is 276 g/mol. The van der Waals surface area contributed by atoms with E-state index in [1.165, 1.54) is 0 Å². The number of carbonyl (C=O) groups is 1. The van der Waals surface area contributed by atoms with E-state index in [1.54, 1.807) is 0 Å². The first-order chi connectivity index (χ1) is 9.54. The zero-order chi connectivity index (χ0) is 15.1. The van der Waals surface area contributed by atoms with Crippen molar-refractivity contribution in [1.82, 2.24) is 4.90 Å². The first-order valence-electron chi connectivity index (χ1n) is 7.66. The number of hydrogen-bond acceptors (Lipinski definition) is 2. The van der Waals surface area contributed by atoms with Crippen molar-refractivity contribution in [3.05, 3.63) is 29.3 Å². The fourth-order valence-electron chi connectivity index (χ4n) is 2.65. The van der Waals surface area contributed by atoms with Gasteiger partial charge in [-0.15, -0.1) is 0 Å². The van der Waals surface area contributed by atoms with Crippen LogP contribution in [0.1, 0.15) is 44.7 Å². The minimum atomic E-state index is -0.0426. The van der Waals surface area contributed by atoms with Crippen molar-refractivity contribution >= 4 is 11.6 Å². The van der Waals surface area contributed by atoms with Gasteiger partial charge in [0.2, 0.25) is 5.91 Å². The zero-order valence-corrected chi connectivity index (χ0v) is 13.5. The molecule has 3 heteroatoms. The zero-order valence-electron chi connectivity index (χ0n) is 13.5. The van der Waals surface area contributed by atoms with Gasteiger partial charge in [-0.3, -0.25) is 9.69 Å². The number of hydrogen-bond donors (Lipinski definition) is 1. The van der Waals surface area contributed by atoms with Crippen molar-refractivity contribution in [3.8, 4) is 0 Å². The Morgan fingerprint density at radius 2 is 1.80 bits per heavy atom. The first-order valence-corrected chi connectivity index (χ1v) is 7.66. The number of para-hydroxylation sites is 1. The van der Waals surface area contributed by atoms with Crippen molar-refractivity contribution in [1.29, 1.82) is 0 Å². The quantitative estimate of drug-likeness (QED) is 0.822. The molecule has 1 aromatic rings. The van der Waals surface area contributed by atoms with Crippen LogP contribution in [-0.2, 0) is 4.79 Å². The van der Waals surface area contributed by atoms with Crippen LogP contribution in [0.4, 0.5) is 5.69 Å². The van der Waals surface area contributed by atoms with E-state index in [-0.39, 0.29) is 11.9 Å². The highest BCUT2D eigenvalue weighted by Gasteiger charge is 2.23. The average Bonchev–Trinajstić information content (AvgIpc) is 2.42. The number of aryl methyl sites for hydroxylation is 2. The molecule has 0 fully saturated rings. The molecule has 0 saturated carbocycles. The lowest BCUT2D eigenvalue weighted by molar-refractivity contribution is -0.121. The largest absolute Gasteiger partial charge is 0.324 e. The predicted octanol–water partition coefficient (Wildman–Crippen LogP) is 3.75. The number of carbonyl (C=O) groups excluding carboxylic acids is 1. The summed E-state index contributed by atoms with van der Waals surface area (Å²) in [5.41, 5.74) is 3.20.